The van der Waals surface area contributed by atoms with E-state index in [2.05, 4.69) is 16.9 Å². The SMILES string of the molecule is CC1CC1c1nc(N)c(CC(=O)O)c(=O)[nH]1. The maximum Gasteiger partial charge on any atom is 0.308 e. The molecule has 0 bridgehead atoms. The summed E-state index contributed by atoms with van der Waals surface area (Å²) < 4.78 is 0. The van der Waals surface area contributed by atoms with Crippen LogP contribution >= 0.6 is 0 Å². The highest BCUT2D eigenvalue weighted by Crippen LogP contribution is 2.45. The second-order valence-electron chi connectivity index (χ2n) is 4.20. The monoisotopic (exact) mass is 223 g/mol. The molecule has 4 N–H and O–H groups in total. The highest BCUT2D eigenvalue weighted by Gasteiger charge is 2.36. The highest BCUT2D eigenvalue weighted by molar-refractivity contribution is 5.71. The van der Waals surface area contributed by atoms with E-state index in [0.29, 0.717) is 11.7 Å². The van der Waals surface area contributed by atoms with E-state index in [9.17, 15) is 9.59 Å². The van der Waals surface area contributed by atoms with E-state index >= 15 is 0 Å². The first-order valence-electron chi connectivity index (χ1n) is 5.09. The summed E-state index contributed by atoms with van der Waals surface area (Å²) in [6.07, 6.45) is 0.593. The molecule has 1 heterocycles. The first-order chi connectivity index (χ1) is 7.49. The number of rotatable bonds is 3. The number of hydrogen-bond acceptors (Lipinski definition) is 4. The summed E-state index contributed by atoms with van der Waals surface area (Å²) in [6, 6.07) is 0. The molecule has 0 spiro atoms. The summed E-state index contributed by atoms with van der Waals surface area (Å²) in [5, 5.41) is 8.61. The normalized spacial score (nSPS) is 23.1. The van der Waals surface area contributed by atoms with Crippen LogP contribution in [0.3, 0.4) is 0 Å². The molecule has 2 unspecified atom stereocenters. The van der Waals surface area contributed by atoms with Crippen molar-refractivity contribution in [1.29, 1.82) is 0 Å². The van der Waals surface area contributed by atoms with Crippen LogP contribution in [0.2, 0.25) is 0 Å². The van der Waals surface area contributed by atoms with Crippen LogP contribution in [0.5, 0.6) is 0 Å². The molecule has 6 heteroatoms. The Labute approximate surface area is 91.5 Å². The Kier molecular flexibility index (Phi) is 2.41. The molecule has 2 atom stereocenters. The van der Waals surface area contributed by atoms with E-state index in [1.165, 1.54) is 0 Å². The van der Waals surface area contributed by atoms with Crippen molar-refractivity contribution in [3.8, 4) is 0 Å². The number of anilines is 1. The number of aliphatic carboxylic acids is 1. The summed E-state index contributed by atoms with van der Waals surface area (Å²) in [5.74, 6) is 0.276. The summed E-state index contributed by atoms with van der Waals surface area (Å²) in [5.41, 5.74) is 5.18. The van der Waals surface area contributed by atoms with Crippen LogP contribution in [-0.4, -0.2) is 21.0 Å². The molecular weight excluding hydrogens is 210 g/mol. The lowest BCUT2D eigenvalue weighted by Crippen LogP contribution is -2.22. The molecule has 1 aromatic rings. The summed E-state index contributed by atoms with van der Waals surface area (Å²) in [7, 11) is 0. The second kappa shape index (κ2) is 3.62. The molecular formula is C10H13N3O3. The Morgan fingerprint density at radius 3 is 2.75 bits per heavy atom. The molecule has 0 aromatic carbocycles. The Hall–Kier alpha value is -1.85. The number of aromatic nitrogens is 2. The van der Waals surface area contributed by atoms with Crippen molar-refractivity contribution in [2.45, 2.75) is 25.7 Å². The van der Waals surface area contributed by atoms with Crippen LogP contribution in [0, 0.1) is 5.92 Å². The van der Waals surface area contributed by atoms with Crippen LogP contribution in [0.1, 0.15) is 30.7 Å². The van der Waals surface area contributed by atoms with Gasteiger partial charge in [-0.3, -0.25) is 9.59 Å². The van der Waals surface area contributed by atoms with Gasteiger partial charge in [0.05, 0.1) is 12.0 Å². The van der Waals surface area contributed by atoms with Crippen molar-refractivity contribution in [2.75, 3.05) is 5.73 Å². The van der Waals surface area contributed by atoms with Crippen LogP contribution in [0.15, 0.2) is 4.79 Å². The standard InChI is InChI=1S/C10H13N3O3/c1-4-2-5(4)9-12-8(11)6(3-7(14)15)10(16)13-9/h4-5H,2-3H2,1H3,(H,14,15)(H3,11,12,13,16). The third-order valence-corrected chi connectivity index (χ3v) is 2.85. The first-order valence-corrected chi connectivity index (χ1v) is 5.09. The zero-order valence-corrected chi connectivity index (χ0v) is 8.86. The number of nitrogens with zero attached hydrogens (tertiary/aromatic N) is 1. The molecule has 2 rings (SSSR count). The summed E-state index contributed by atoms with van der Waals surface area (Å²) >= 11 is 0. The minimum atomic E-state index is -1.09. The number of H-pyrrole nitrogens is 1. The molecule has 1 aliphatic rings. The lowest BCUT2D eigenvalue weighted by molar-refractivity contribution is -0.136. The quantitative estimate of drug-likeness (QED) is 0.673. The van der Waals surface area contributed by atoms with E-state index < -0.39 is 17.9 Å². The third kappa shape index (κ3) is 1.91. The number of carboxylic acids is 1. The number of nitrogen functional groups attached to an aromatic ring is 1. The molecule has 16 heavy (non-hydrogen) atoms. The van der Waals surface area contributed by atoms with Gasteiger partial charge in [-0.2, -0.15) is 0 Å². The smallest absolute Gasteiger partial charge is 0.308 e. The largest absolute Gasteiger partial charge is 0.481 e. The molecule has 1 aliphatic carbocycles. The van der Waals surface area contributed by atoms with Crippen LogP contribution in [0.25, 0.3) is 0 Å². The number of nitrogens with one attached hydrogen (secondary N) is 1. The number of carbonyl (C=O) groups is 1. The Morgan fingerprint density at radius 2 is 2.31 bits per heavy atom. The van der Waals surface area contributed by atoms with Gasteiger partial charge in [0, 0.05) is 5.92 Å². The lowest BCUT2D eigenvalue weighted by Gasteiger charge is -2.04. The van der Waals surface area contributed by atoms with Gasteiger partial charge in [0.1, 0.15) is 11.6 Å². The average molecular weight is 223 g/mol. The first kappa shape index (κ1) is 10.7. The minimum absolute atomic E-state index is 0.0280. The Balaban J connectivity index is 2.36. The fourth-order valence-corrected chi connectivity index (χ4v) is 1.73. The maximum atomic E-state index is 11.6. The topological polar surface area (TPSA) is 109 Å². The van der Waals surface area contributed by atoms with E-state index in [-0.39, 0.29) is 17.3 Å². The number of hydrogen-bond donors (Lipinski definition) is 3. The van der Waals surface area contributed by atoms with Gasteiger partial charge >= 0.3 is 5.97 Å². The van der Waals surface area contributed by atoms with Crippen molar-refractivity contribution < 1.29 is 9.90 Å². The van der Waals surface area contributed by atoms with Crippen molar-refractivity contribution in [3.63, 3.8) is 0 Å². The zero-order valence-electron chi connectivity index (χ0n) is 8.86. The van der Waals surface area contributed by atoms with Gasteiger partial charge in [-0.25, -0.2) is 4.98 Å². The average Bonchev–Trinajstić information content (AvgIpc) is 2.88. The zero-order chi connectivity index (χ0) is 11.9. The fraction of sp³-hybridized carbons (Fsp3) is 0.500. The van der Waals surface area contributed by atoms with Crippen molar-refractivity contribution in [2.24, 2.45) is 5.92 Å². The predicted molar refractivity (Wildman–Crippen MR) is 57.1 cm³/mol. The van der Waals surface area contributed by atoms with Crippen LogP contribution in [0.4, 0.5) is 5.82 Å². The molecule has 0 aliphatic heterocycles. The number of nitrogens with two attached hydrogens (primary N) is 1. The van der Waals surface area contributed by atoms with E-state index in [1.54, 1.807) is 0 Å². The molecule has 6 nitrogen and oxygen atoms in total. The van der Waals surface area contributed by atoms with Gasteiger partial charge in [-0.1, -0.05) is 6.92 Å². The summed E-state index contributed by atoms with van der Waals surface area (Å²) in [4.78, 5) is 28.8. The number of carboxylic acid groups (broad SMARTS) is 1. The van der Waals surface area contributed by atoms with Gasteiger partial charge in [-0.15, -0.1) is 0 Å². The Morgan fingerprint density at radius 1 is 1.69 bits per heavy atom. The van der Waals surface area contributed by atoms with Crippen molar-refractivity contribution >= 4 is 11.8 Å². The molecule has 0 radical (unpaired) electrons. The van der Waals surface area contributed by atoms with Gasteiger partial charge in [0.25, 0.3) is 5.56 Å². The molecule has 1 saturated carbocycles. The maximum absolute atomic E-state index is 11.6. The summed E-state index contributed by atoms with van der Waals surface area (Å²) in [6.45, 7) is 2.06. The van der Waals surface area contributed by atoms with E-state index in [1.807, 2.05) is 0 Å². The van der Waals surface area contributed by atoms with Gasteiger partial charge < -0.3 is 15.8 Å². The van der Waals surface area contributed by atoms with Gasteiger partial charge in [0.2, 0.25) is 0 Å². The highest BCUT2D eigenvalue weighted by atomic mass is 16.4. The van der Waals surface area contributed by atoms with Gasteiger partial charge in [-0.05, 0) is 12.3 Å². The van der Waals surface area contributed by atoms with Gasteiger partial charge in [0.15, 0.2) is 0 Å². The Bertz CT molecular complexity index is 495. The molecule has 86 valence electrons. The number of aromatic amines is 1. The van der Waals surface area contributed by atoms with E-state index in [4.69, 9.17) is 10.8 Å². The third-order valence-electron chi connectivity index (χ3n) is 2.85. The molecule has 0 saturated heterocycles. The molecule has 1 aromatic heterocycles. The van der Waals surface area contributed by atoms with Crippen molar-refractivity contribution in [3.05, 3.63) is 21.7 Å². The fourth-order valence-electron chi connectivity index (χ4n) is 1.73. The van der Waals surface area contributed by atoms with Crippen molar-refractivity contribution in [1.82, 2.24) is 9.97 Å². The molecule has 1 fully saturated rings. The minimum Gasteiger partial charge on any atom is -0.481 e. The van der Waals surface area contributed by atoms with Crippen LogP contribution in [-0.2, 0) is 11.2 Å². The molecule has 0 amide bonds. The second-order valence-corrected chi connectivity index (χ2v) is 4.20. The predicted octanol–water partition coefficient (Wildman–Crippen LogP) is 0.103. The lowest BCUT2D eigenvalue weighted by atomic mass is 10.2. The van der Waals surface area contributed by atoms with E-state index in [0.717, 1.165) is 6.42 Å². The van der Waals surface area contributed by atoms with Crippen LogP contribution < -0.4 is 11.3 Å².